The molecule has 1 aromatic carbocycles. The van der Waals surface area contributed by atoms with Gasteiger partial charge in [-0.2, -0.15) is 0 Å². The van der Waals surface area contributed by atoms with E-state index in [0.29, 0.717) is 12.6 Å². The Morgan fingerprint density at radius 1 is 1.41 bits per heavy atom. The van der Waals surface area contributed by atoms with E-state index < -0.39 is 0 Å². The normalized spacial score (nSPS) is 17.4. The first-order valence-corrected chi connectivity index (χ1v) is 6.76. The number of likely N-dealkylation sites (N-methyl/N-ethyl adjacent to an activating group) is 1. The lowest BCUT2D eigenvalue weighted by atomic mass is 10.0. The van der Waals surface area contributed by atoms with Crippen LogP contribution in [0.25, 0.3) is 0 Å². The van der Waals surface area contributed by atoms with E-state index in [1.54, 1.807) is 0 Å². The maximum atomic E-state index is 5.94. The monoisotopic (exact) mass is 232 g/mol. The molecule has 0 bridgehead atoms. The lowest BCUT2D eigenvalue weighted by Gasteiger charge is -2.27. The maximum Gasteiger partial charge on any atom is 0.0467 e. The van der Waals surface area contributed by atoms with Gasteiger partial charge in [-0.15, -0.1) is 0 Å². The van der Waals surface area contributed by atoms with E-state index in [2.05, 4.69) is 43.1 Å². The molecule has 2 N–H and O–H groups in total. The van der Waals surface area contributed by atoms with Gasteiger partial charge in [-0.25, -0.2) is 0 Å². The largest absolute Gasteiger partial charge is 0.329 e. The SMILES string of the molecule is CCCN(C)C(CN)c1cccc(C2CC2)c1. The van der Waals surface area contributed by atoms with Crippen LogP contribution >= 0.6 is 0 Å². The molecule has 0 amide bonds. The highest BCUT2D eigenvalue weighted by Crippen LogP contribution is 2.40. The van der Waals surface area contributed by atoms with Crippen LogP contribution in [0.15, 0.2) is 24.3 Å². The standard InChI is InChI=1S/C15H24N2/c1-3-9-17(2)15(11-16)14-6-4-5-13(10-14)12-7-8-12/h4-6,10,12,15H,3,7-9,11,16H2,1-2H3. The van der Waals surface area contributed by atoms with Gasteiger partial charge in [0.05, 0.1) is 0 Å². The zero-order valence-corrected chi connectivity index (χ0v) is 11.0. The van der Waals surface area contributed by atoms with Crippen LogP contribution in [0.1, 0.15) is 49.3 Å². The van der Waals surface area contributed by atoms with Gasteiger partial charge in [-0.1, -0.05) is 31.2 Å². The summed E-state index contributed by atoms with van der Waals surface area (Å²) >= 11 is 0. The fourth-order valence-electron chi connectivity index (χ4n) is 2.52. The Bertz CT molecular complexity index is 358. The number of rotatable bonds is 6. The van der Waals surface area contributed by atoms with Gasteiger partial charge in [0.15, 0.2) is 0 Å². The Labute approximate surface area is 105 Å². The minimum Gasteiger partial charge on any atom is -0.329 e. The molecule has 1 saturated carbocycles. The Morgan fingerprint density at radius 3 is 2.76 bits per heavy atom. The fraction of sp³-hybridized carbons (Fsp3) is 0.600. The van der Waals surface area contributed by atoms with Crippen molar-refractivity contribution in [2.75, 3.05) is 20.1 Å². The van der Waals surface area contributed by atoms with Crippen molar-refractivity contribution in [1.82, 2.24) is 4.90 Å². The van der Waals surface area contributed by atoms with Crippen molar-refractivity contribution in [3.05, 3.63) is 35.4 Å². The van der Waals surface area contributed by atoms with E-state index in [-0.39, 0.29) is 0 Å². The van der Waals surface area contributed by atoms with E-state index in [9.17, 15) is 0 Å². The van der Waals surface area contributed by atoms with E-state index in [1.807, 2.05) is 0 Å². The van der Waals surface area contributed by atoms with Crippen molar-refractivity contribution >= 4 is 0 Å². The quantitative estimate of drug-likeness (QED) is 0.817. The first-order valence-electron chi connectivity index (χ1n) is 6.76. The molecule has 2 heteroatoms. The van der Waals surface area contributed by atoms with Crippen LogP contribution in [0.2, 0.25) is 0 Å². The molecule has 1 aliphatic carbocycles. The summed E-state index contributed by atoms with van der Waals surface area (Å²) in [5, 5.41) is 0. The van der Waals surface area contributed by atoms with E-state index in [4.69, 9.17) is 5.73 Å². The lowest BCUT2D eigenvalue weighted by Crippen LogP contribution is -2.31. The van der Waals surface area contributed by atoms with Crippen LogP contribution in [0.3, 0.4) is 0 Å². The predicted octanol–water partition coefficient (Wildman–Crippen LogP) is 2.91. The molecule has 0 saturated heterocycles. The van der Waals surface area contributed by atoms with Gasteiger partial charge in [0.1, 0.15) is 0 Å². The molecule has 1 aliphatic rings. The van der Waals surface area contributed by atoms with Gasteiger partial charge < -0.3 is 5.73 Å². The Hall–Kier alpha value is -0.860. The third-order valence-electron chi connectivity index (χ3n) is 3.68. The van der Waals surface area contributed by atoms with Gasteiger partial charge in [-0.3, -0.25) is 4.90 Å². The molecule has 0 aromatic heterocycles. The van der Waals surface area contributed by atoms with Crippen molar-refractivity contribution in [3.8, 4) is 0 Å². The predicted molar refractivity (Wildman–Crippen MR) is 73.1 cm³/mol. The van der Waals surface area contributed by atoms with Crippen molar-refractivity contribution < 1.29 is 0 Å². The first-order chi connectivity index (χ1) is 8.26. The van der Waals surface area contributed by atoms with Crippen LogP contribution < -0.4 is 5.73 Å². The smallest absolute Gasteiger partial charge is 0.0467 e. The molecule has 2 rings (SSSR count). The summed E-state index contributed by atoms with van der Waals surface area (Å²) in [6.07, 6.45) is 3.90. The summed E-state index contributed by atoms with van der Waals surface area (Å²) in [6.45, 7) is 4.02. The average molecular weight is 232 g/mol. The minimum absolute atomic E-state index is 0.369. The zero-order chi connectivity index (χ0) is 12.3. The highest BCUT2D eigenvalue weighted by atomic mass is 15.1. The molecule has 1 fully saturated rings. The second kappa shape index (κ2) is 5.65. The van der Waals surface area contributed by atoms with Crippen LogP contribution in [0, 0.1) is 0 Å². The highest BCUT2D eigenvalue weighted by molar-refractivity contribution is 5.31. The number of nitrogens with two attached hydrogens (primary N) is 1. The first kappa shape index (κ1) is 12.6. The molecule has 1 unspecified atom stereocenters. The fourth-order valence-corrected chi connectivity index (χ4v) is 2.52. The molecule has 94 valence electrons. The zero-order valence-electron chi connectivity index (χ0n) is 11.0. The van der Waals surface area contributed by atoms with Gasteiger partial charge in [0, 0.05) is 12.6 Å². The maximum absolute atomic E-state index is 5.94. The number of hydrogen-bond donors (Lipinski definition) is 1. The number of nitrogens with zero attached hydrogens (tertiary/aromatic N) is 1. The highest BCUT2D eigenvalue weighted by Gasteiger charge is 2.24. The molecule has 0 radical (unpaired) electrons. The average Bonchev–Trinajstić information content (AvgIpc) is 3.14. The van der Waals surface area contributed by atoms with Gasteiger partial charge in [-0.05, 0) is 49.9 Å². The third-order valence-corrected chi connectivity index (χ3v) is 3.68. The molecule has 0 spiro atoms. The van der Waals surface area contributed by atoms with Crippen LogP contribution in [0.5, 0.6) is 0 Å². The summed E-state index contributed by atoms with van der Waals surface area (Å²) in [5.41, 5.74) is 8.82. The van der Waals surface area contributed by atoms with Crippen LogP contribution in [0.4, 0.5) is 0 Å². The molecule has 0 aliphatic heterocycles. The van der Waals surface area contributed by atoms with Crippen LogP contribution in [-0.2, 0) is 0 Å². The van der Waals surface area contributed by atoms with Gasteiger partial charge in [0.2, 0.25) is 0 Å². The van der Waals surface area contributed by atoms with Crippen molar-refractivity contribution in [2.24, 2.45) is 5.73 Å². The van der Waals surface area contributed by atoms with Crippen molar-refractivity contribution in [1.29, 1.82) is 0 Å². The lowest BCUT2D eigenvalue weighted by molar-refractivity contribution is 0.250. The molecule has 0 heterocycles. The summed E-state index contributed by atoms with van der Waals surface area (Å²) in [6, 6.07) is 9.39. The van der Waals surface area contributed by atoms with Crippen molar-refractivity contribution in [2.45, 2.75) is 38.1 Å². The molecular formula is C15H24N2. The molecular weight excluding hydrogens is 208 g/mol. The Balaban J connectivity index is 2.14. The third kappa shape index (κ3) is 3.08. The summed E-state index contributed by atoms with van der Waals surface area (Å²) in [7, 11) is 2.17. The van der Waals surface area contributed by atoms with Gasteiger partial charge in [0.25, 0.3) is 0 Å². The second-order valence-corrected chi connectivity index (χ2v) is 5.18. The summed E-state index contributed by atoms with van der Waals surface area (Å²) in [5.74, 6) is 0.824. The minimum atomic E-state index is 0.369. The summed E-state index contributed by atoms with van der Waals surface area (Å²) in [4.78, 5) is 2.37. The van der Waals surface area contributed by atoms with Gasteiger partial charge >= 0.3 is 0 Å². The topological polar surface area (TPSA) is 29.3 Å². The molecule has 17 heavy (non-hydrogen) atoms. The number of benzene rings is 1. The molecule has 1 atom stereocenters. The van der Waals surface area contributed by atoms with Crippen LogP contribution in [-0.4, -0.2) is 25.0 Å². The van der Waals surface area contributed by atoms with Crippen molar-refractivity contribution in [3.63, 3.8) is 0 Å². The molecule has 2 nitrogen and oxygen atoms in total. The van der Waals surface area contributed by atoms with E-state index in [0.717, 1.165) is 12.5 Å². The Kier molecular flexibility index (Phi) is 4.19. The van der Waals surface area contributed by atoms with E-state index in [1.165, 1.54) is 30.4 Å². The number of hydrogen-bond acceptors (Lipinski definition) is 2. The molecule has 1 aromatic rings. The second-order valence-electron chi connectivity index (χ2n) is 5.18. The Morgan fingerprint density at radius 2 is 2.18 bits per heavy atom. The van der Waals surface area contributed by atoms with E-state index >= 15 is 0 Å². The summed E-state index contributed by atoms with van der Waals surface area (Å²) < 4.78 is 0.